The number of hydrogen-bond donors (Lipinski definition) is 0. The lowest BCUT2D eigenvalue weighted by atomic mass is 10.1. The summed E-state index contributed by atoms with van der Waals surface area (Å²) in [5, 5.41) is 0. The zero-order chi connectivity index (χ0) is 13.0. The van der Waals surface area contributed by atoms with E-state index in [4.69, 9.17) is 0 Å². The topological polar surface area (TPSA) is 23.6 Å². The van der Waals surface area contributed by atoms with Gasteiger partial charge in [-0.3, -0.25) is 4.79 Å². The van der Waals surface area contributed by atoms with Crippen molar-refractivity contribution in [2.45, 2.75) is 19.8 Å². The molecule has 0 saturated carbocycles. The van der Waals surface area contributed by atoms with Crippen molar-refractivity contribution in [1.29, 1.82) is 0 Å². The summed E-state index contributed by atoms with van der Waals surface area (Å²) in [6.45, 7) is 6.27. The predicted octanol–water partition coefficient (Wildman–Crippen LogP) is 2.42. The van der Waals surface area contributed by atoms with Crippen LogP contribution in [0.25, 0.3) is 0 Å². The third-order valence-electron chi connectivity index (χ3n) is 3.66. The highest BCUT2D eigenvalue weighted by molar-refractivity contribution is 5.94. The van der Waals surface area contributed by atoms with Crippen LogP contribution in [0, 0.1) is 0 Å². The molecule has 0 N–H and O–H groups in total. The SMILES string of the molecule is CC(=O)c1ccc(N(C)CCN2CCCC2)cc1. The summed E-state index contributed by atoms with van der Waals surface area (Å²) in [6, 6.07) is 7.87. The van der Waals surface area contributed by atoms with Crippen molar-refractivity contribution >= 4 is 11.5 Å². The molecule has 1 aromatic rings. The average Bonchev–Trinajstić information content (AvgIpc) is 2.89. The summed E-state index contributed by atoms with van der Waals surface area (Å²) < 4.78 is 0. The van der Waals surface area contributed by atoms with Crippen LogP contribution < -0.4 is 4.90 Å². The maximum atomic E-state index is 11.2. The highest BCUT2D eigenvalue weighted by Crippen LogP contribution is 2.14. The standard InChI is InChI=1S/C15H22N2O/c1-13(18)14-5-7-15(8-6-14)16(2)11-12-17-9-3-4-10-17/h5-8H,3-4,9-12H2,1-2H3. The Labute approximate surface area is 109 Å². The van der Waals surface area contributed by atoms with E-state index < -0.39 is 0 Å². The van der Waals surface area contributed by atoms with Crippen LogP contribution in [-0.4, -0.2) is 43.9 Å². The van der Waals surface area contributed by atoms with Gasteiger partial charge in [-0.1, -0.05) is 0 Å². The molecular formula is C15H22N2O. The smallest absolute Gasteiger partial charge is 0.159 e. The van der Waals surface area contributed by atoms with Crippen LogP contribution in [0.2, 0.25) is 0 Å². The summed E-state index contributed by atoms with van der Waals surface area (Å²) in [6.07, 6.45) is 2.69. The van der Waals surface area contributed by atoms with Gasteiger partial charge >= 0.3 is 0 Å². The Morgan fingerprint density at radius 3 is 2.39 bits per heavy atom. The highest BCUT2D eigenvalue weighted by Gasteiger charge is 2.12. The first kappa shape index (κ1) is 13.1. The van der Waals surface area contributed by atoms with Crippen molar-refractivity contribution in [3.63, 3.8) is 0 Å². The summed E-state index contributed by atoms with van der Waals surface area (Å²) >= 11 is 0. The van der Waals surface area contributed by atoms with E-state index in [1.54, 1.807) is 6.92 Å². The Morgan fingerprint density at radius 1 is 1.22 bits per heavy atom. The van der Waals surface area contributed by atoms with Gasteiger partial charge in [-0.2, -0.15) is 0 Å². The lowest BCUT2D eigenvalue weighted by Gasteiger charge is -2.23. The van der Waals surface area contributed by atoms with Crippen molar-refractivity contribution in [3.8, 4) is 0 Å². The summed E-state index contributed by atoms with van der Waals surface area (Å²) in [7, 11) is 2.11. The molecule has 0 unspecified atom stereocenters. The number of carbonyl (C=O) groups excluding carboxylic acids is 1. The van der Waals surface area contributed by atoms with Gasteiger partial charge in [-0.05, 0) is 57.1 Å². The number of carbonyl (C=O) groups is 1. The minimum absolute atomic E-state index is 0.126. The molecule has 18 heavy (non-hydrogen) atoms. The fraction of sp³-hybridized carbons (Fsp3) is 0.533. The average molecular weight is 246 g/mol. The van der Waals surface area contributed by atoms with Gasteiger partial charge in [-0.15, -0.1) is 0 Å². The van der Waals surface area contributed by atoms with Gasteiger partial charge in [0.25, 0.3) is 0 Å². The van der Waals surface area contributed by atoms with Crippen LogP contribution in [0.4, 0.5) is 5.69 Å². The van der Waals surface area contributed by atoms with Gasteiger partial charge in [0.15, 0.2) is 5.78 Å². The van der Waals surface area contributed by atoms with Gasteiger partial charge in [-0.25, -0.2) is 0 Å². The number of nitrogens with zero attached hydrogens (tertiary/aromatic N) is 2. The predicted molar refractivity (Wildman–Crippen MR) is 75.4 cm³/mol. The van der Waals surface area contributed by atoms with Crippen LogP contribution in [0.1, 0.15) is 30.1 Å². The molecule has 1 aromatic carbocycles. The molecule has 0 spiro atoms. The van der Waals surface area contributed by atoms with E-state index in [-0.39, 0.29) is 5.78 Å². The molecule has 2 rings (SSSR count). The minimum atomic E-state index is 0.126. The zero-order valence-corrected chi connectivity index (χ0v) is 11.4. The van der Waals surface area contributed by atoms with Crippen LogP contribution in [0.5, 0.6) is 0 Å². The third-order valence-corrected chi connectivity index (χ3v) is 3.66. The molecular weight excluding hydrogens is 224 g/mol. The summed E-state index contributed by atoms with van der Waals surface area (Å²) in [4.78, 5) is 16.0. The first-order chi connectivity index (χ1) is 8.66. The minimum Gasteiger partial charge on any atom is -0.373 e. The number of anilines is 1. The third kappa shape index (κ3) is 3.33. The number of hydrogen-bond acceptors (Lipinski definition) is 3. The van der Waals surface area contributed by atoms with E-state index in [0.29, 0.717) is 0 Å². The summed E-state index contributed by atoms with van der Waals surface area (Å²) in [5.74, 6) is 0.126. The zero-order valence-electron chi connectivity index (χ0n) is 11.4. The van der Waals surface area contributed by atoms with Crippen molar-refractivity contribution < 1.29 is 4.79 Å². The number of benzene rings is 1. The molecule has 3 heteroatoms. The number of Topliss-reactive ketones (excluding diaryl/α,β-unsaturated/α-hetero) is 1. The number of ketones is 1. The van der Waals surface area contributed by atoms with Crippen LogP contribution in [0.3, 0.4) is 0 Å². The fourth-order valence-corrected chi connectivity index (χ4v) is 2.38. The van der Waals surface area contributed by atoms with Gasteiger partial charge in [0, 0.05) is 31.4 Å². The molecule has 1 aliphatic rings. The first-order valence-electron chi connectivity index (χ1n) is 6.71. The van der Waals surface area contributed by atoms with Gasteiger partial charge in [0.2, 0.25) is 0 Å². The number of rotatable bonds is 5. The molecule has 98 valence electrons. The van der Waals surface area contributed by atoms with E-state index >= 15 is 0 Å². The lowest BCUT2D eigenvalue weighted by Crippen LogP contribution is -2.31. The number of likely N-dealkylation sites (tertiary alicyclic amines) is 1. The Bertz CT molecular complexity index is 393. The van der Waals surface area contributed by atoms with E-state index in [1.807, 2.05) is 24.3 Å². The Morgan fingerprint density at radius 2 is 1.83 bits per heavy atom. The van der Waals surface area contributed by atoms with E-state index in [2.05, 4.69) is 16.8 Å². The highest BCUT2D eigenvalue weighted by atomic mass is 16.1. The quantitative estimate of drug-likeness (QED) is 0.745. The normalized spacial score (nSPS) is 15.9. The molecule has 0 bridgehead atoms. The van der Waals surface area contributed by atoms with Crippen LogP contribution >= 0.6 is 0 Å². The molecule has 1 saturated heterocycles. The van der Waals surface area contributed by atoms with E-state index in [1.165, 1.54) is 31.6 Å². The van der Waals surface area contributed by atoms with Crippen molar-refractivity contribution in [2.75, 3.05) is 38.1 Å². The first-order valence-corrected chi connectivity index (χ1v) is 6.71. The molecule has 0 amide bonds. The molecule has 1 aliphatic heterocycles. The van der Waals surface area contributed by atoms with E-state index in [0.717, 1.165) is 18.7 Å². The van der Waals surface area contributed by atoms with Crippen molar-refractivity contribution in [3.05, 3.63) is 29.8 Å². The lowest BCUT2D eigenvalue weighted by molar-refractivity contribution is 0.101. The molecule has 3 nitrogen and oxygen atoms in total. The Kier molecular flexibility index (Phi) is 4.37. The molecule has 0 aliphatic carbocycles. The second kappa shape index (κ2) is 6.01. The van der Waals surface area contributed by atoms with Crippen molar-refractivity contribution in [2.24, 2.45) is 0 Å². The van der Waals surface area contributed by atoms with Crippen molar-refractivity contribution in [1.82, 2.24) is 4.90 Å². The second-order valence-corrected chi connectivity index (χ2v) is 5.07. The maximum Gasteiger partial charge on any atom is 0.159 e. The second-order valence-electron chi connectivity index (χ2n) is 5.07. The van der Waals surface area contributed by atoms with Gasteiger partial charge in [0.05, 0.1) is 0 Å². The number of likely N-dealkylation sites (N-methyl/N-ethyl adjacent to an activating group) is 1. The Hall–Kier alpha value is -1.35. The monoisotopic (exact) mass is 246 g/mol. The van der Waals surface area contributed by atoms with Gasteiger partial charge in [0.1, 0.15) is 0 Å². The molecule has 0 aromatic heterocycles. The fourth-order valence-electron chi connectivity index (χ4n) is 2.38. The van der Waals surface area contributed by atoms with Crippen LogP contribution in [0.15, 0.2) is 24.3 Å². The largest absolute Gasteiger partial charge is 0.373 e. The molecule has 0 atom stereocenters. The molecule has 1 fully saturated rings. The maximum absolute atomic E-state index is 11.2. The Balaban J connectivity index is 1.87. The summed E-state index contributed by atoms with van der Waals surface area (Å²) in [5.41, 5.74) is 1.96. The van der Waals surface area contributed by atoms with Gasteiger partial charge < -0.3 is 9.80 Å². The molecule has 1 heterocycles. The van der Waals surface area contributed by atoms with E-state index in [9.17, 15) is 4.79 Å². The van der Waals surface area contributed by atoms with Crippen LogP contribution in [-0.2, 0) is 0 Å². The molecule has 0 radical (unpaired) electrons.